The minimum absolute atomic E-state index is 0.105. The Balaban J connectivity index is 1.55. The monoisotopic (exact) mass is 374 g/mol. The summed E-state index contributed by atoms with van der Waals surface area (Å²) in [6.45, 7) is 7.90. The Bertz CT molecular complexity index is 667. The Hall–Kier alpha value is -1.32. The van der Waals surface area contributed by atoms with Crippen LogP contribution in [0, 0.1) is 34.5 Å². The van der Waals surface area contributed by atoms with Crippen molar-refractivity contribution in [2.75, 3.05) is 0 Å². The van der Waals surface area contributed by atoms with Crippen LogP contribution < -0.4 is 0 Å². The second-order valence-electron chi connectivity index (χ2n) is 10.0. The molecule has 0 aromatic rings. The maximum Gasteiger partial charge on any atom is 0.307 e. The molecule has 0 radical (unpaired) electrons. The first-order chi connectivity index (χ1) is 12.7. The summed E-state index contributed by atoms with van der Waals surface area (Å²) in [5.41, 5.74) is 0.469. The first-order valence-electron chi connectivity index (χ1n) is 10.8. The number of rotatable bonds is 2. The van der Waals surface area contributed by atoms with Gasteiger partial charge in [0.1, 0.15) is 11.9 Å². The standard InChI is InChI=1S/C23H34O4/c1-14(24)26-17-9-11-22(3)16(13-17)5-6-18-19-7-8-21(27-15(2)25)23(19,4)12-10-20(18)22/h9,16,18-21H,5-8,10-13H2,1-4H3/t16?,18-,19-,20-,21?,22-,23-/m0/s1. The molecule has 0 saturated heterocycles. The summed E-state index contributed by atoms with van der Waals surface area (Å²) in [5.74, 6) is 3.34. The fourth-order valence-corrected chi connectivity index (χ4v) is 7.46. The van der Waals surface area contributed by atoms with Crippen molar-refractivity contribution in [1.82, 2.24) is 0 Å². The van der Waals surface area contributed by atoms with E-state index in [1.807, 2.05) is 0 Å². The third-order valence-corrected chi connectivity index (χ3v) is 8.78. The molecule has 0 aromatic heterocycles. The van der Waals surface area contributed by atoms with Crippen LogP contribution in [-0.2, 0) is 19.1 Å². The number of hydrogen-bond donors (Lipinski definition) is 0. The fraction of sp³-hybridized carbons (Fsp3) is 0.826. The van der Waals surface area contributed by atoms with Crippen LogP contribution in [0.5, 0.6) is 0 Å². The lowest BCUT2D eigenvalue weighted by Crippen LogP contribution is -2.53. The van der Waals surface area contributed by atoms with Gasteiger partial charge in [0.15, 0.2) is 0 Å². The van der Waals surface area contributed by atoms with E-state index in [4.69, 9.17) is 9.47 Å². The Morgan fingerprint density at radius 3 is 2.41 bits per heavy atom. The van der Waals surface area contributed by atoms with Gasteiger partial charge in [0, 0.05) is 25.7 Å². The van der Waals surface area contributed by atoms with Gasteiger partial charge in [-0.1, -0.05) is 13.8 Å². The summed E-state index contributed by atoms with van der Waals surface area (Å²) in [4.78, 5) is 22.9. The molecular weight excluding hydrogens is 340 g/mol. The predicted molar refractivity (Wildman–Crippen MR) is 103 cm³/mol. The summed E-state index contributed by atoms with van der Waals surface area (Å²) in [7, 11) is 0. The van der Waals surface area contributed by atoms with E-state index in [0.717, 1.165) is 36.9 Å². The third kappa shape index (κ3) is 3.03. The molecule has 4 nitrogen and oxygen atoms in total. The predicted octanol–water partition coefficient (Wildman–Crippen LogP) is 5.02. The molecule has 150 valence electrons. The van der Waals surface area contributed by atoms with E-state index in [1.54, 1.807) is 6.92 Å². The van der Waals surface area contributed by atoms with Gasteiger partial charge in [-0.05, 0) is 80.1 Å². The van der Waals surface area contributed by atoms with Crippen LogP contribution in [0.15, 0.2) is 11.8 Å². The van der Waals surface area contributed by atoms with Crippen molar-refractivity contribution in [3.63, 3.8) is 0 Å². The van der Waals surface area contributed by atoms with Crippen molar-refractivity contribution in [3.05, 3.63) is 11.8 Å². The molecular formula is C23H34O4. The van der Waals surface area contributed by atoms with Crippen LogP contribution >= 0.6 is 0 Å². The molecule has 0 aliphatic heterocycles. The van der Waals surface area contributed by atoms with E-state index in [-0.39, 0.29) is 23.5 Å². The van der Waals surface area contributed by atoms with Crippen LogP contribution in [0.3, 0.4) is 0 Å². The zero-order valence-electron chi connectivity index (χ0n) is 17.3. The van der Waals surface area contributed by atoms with Gasteiger partial charge in [0.25, 0.3) is 0 Å². The molecule has 0 N–H and O–H groups in total. The Morgan fingerprint density at radius 1 is 0.963 bits per heavy atom. The van der Waals surface area contributed by atoms with Gasteiger partial charge in [0.05, 0.1) is 0 Å². The van der Waals surface area contributed by atoms with E-state index in [0.29, 0.717) is 17.3 Å². The number of allylic oxidation sites excluding steroid dienone is 2. The number of fused-ring (bicyclic) bond motifs is 5. The number of esters is 2. The van der Waals surface area contributed by atoms with Crippen LogP contribution in [0.4, 0.5) is 0 Å². The SMILES string of the molecule is CC(=O)OC1=CC[C@@]2(C)C(CC[C@@H]3[C@@H]2CC[C@]2(C)C(OC(C)=O)CC[C@@H]32)C1. The third-order valence-electron chi connectivity index (χ3n) is 8.78. The molecule has 4 aliphatic rings. The molecule has 0 heterocycles. The molecule has 0 amide bonds. The van der Waals surface area contributed by atoms with Gasteiger partial charge >= 0.3 is 11.9 Å². The quantitative estimate of drug-likeness (QED) is 0.637. The molecule has 3 fully saturated rings. The van der Waals surface area contributed by atoms with Crippen molar-refractivity contribution in [3.8, 4) is 0 Å². The highest BCUT2D eigenvalue weighted by molar-refractivity contribution is 5.67. The van der Waals surface area contributed by atoms with Crippen molar-refractivity contribution >= 4 is 11.9 Å². The fourth-order valence-electron chi connectivity index (χ4n) is 7.46. The topological polar surface area (TPSA) is 52.6 Å². The van der Waals surface area contributed by atoms with Crippen molar-refractivity contribution < 1.29 is 19.1 Å². The minimum Gasteiger partial charge on any atom is -0.462 e. The minimum atomic E-state index is -0.200. The highest BCUT2D eigenvalue weighted by Gasteiger charge is 2.60. The Labute approximate surface area is 163 Å². The summed E-state index contributed by atoms with van der Waals surface area (Å²) in [6.07, 6.45) is 11.4. The van der Waals surface area contributed by atoms with Gasteiger partial charge in [-0.25, -0.2) is 0 Å². The van der Waals surface area contributed by atoms with Gasteiger partial charge < -0.3 is 9.47 Å². The summed E-state index contributed by atoms with van der Waals surface area (Å²) in [6, 6.07) is 0. The van der Waals surface area contributed by atoms with E-state index in [9.17, 15) is 9.59 Å². The summed E-state index contributed by atoms with van der Waals surface area (Å²) in [5, 5.41) is 0. The van der Waals surface area contributed by atoms with Crippen LogP contribution in [0.1, 0.15) is 79.1 Å². The number of carbonyl (C=O) groups is 2. The maximum atomic E-state index is 11.6. The molecule has 0 bridgehead atoms. The Kier molecular flexibility index (Phi) is 4.67. The van der Waals surface area contributed by atoms with Crippen molar-refractivity contribution in [2.45, 2.75) is 85.2 Å². The molecule has 0 aromatic carbocycles. The molecule has 4 aliphatic carbocycles. The first kappa shape index (κ1) is 19.0. The van der Waals surface area contributed by atoms with E-state index in [1.165, 1.54) is 39.0 Å². The second-order valence-corrected chi connectivity index (χ2v) is 10.0. The normalized spacial score (nSPS) is 45.8. The molecule has 4 heteroatoms. The van der Waals surface area contributed by atoms with Gasteiger partial charge in [-0.15, -0.1) is 0 Å². The lowest BCUT2D eigenvalue weighted by Gasteiger charge is -2.59. The highest BCUT2D eigenvalue weighted by Crippen LogP contribution is 2.66. The zero-order chi connectivity index (χ0) is 19.4. The maximum absolute atomic E-state index is 11.6. The first-order valence-corrected chi connectivity index (χ1v) is 10.8. The van der Waals surface area contributed by atoms with Crippen molar-refractivity contribution in [1.29, 1.82) is 0 Å². The van der Waals surface area contributed by atoms with E-state index >= 15 is 0 Å². The van der Waals surface area contributed by atoms with E-state index in [2.05, 4.69) is 19.9 Å². The second kappa shape index (κ2) is 6.63. The number of ether oxygens (including phenoxy) is 2. The average molecular weight is 375 g/mol. The van der Waals surface area contributed by atoms with Crippen molar-refractivity contribution in [2.24, 2.45) is 34.5 Å². The molecule has 4 rings (SSSR count). The van der Waals surface area contributed by atoms with Gasteiger partial charge in [-0.3, -0.25) is 9.59 Å². The molecule has 7 atom stereocenters. The van der Waals surface area contributed by atoms with Gasteiger partial charge in [0.2, 0.25) is 0 Å². The Morgan fingerprint density at radius 2 is 1.70 bits per heavy atom. The number of hydrogen-bond acceptors (Lipinski definition) is 4. The van der Waals surface area contributed by atoms with Crippen LogP contribution in [0.25, 0.3) is 0 Å². The average Bonchev–Trinajstić information content (AvgIpc) is 2.91. The van der Waals surface area contributed by atoms with Gasteiger partial charge in [-0.2, -0.15) is 0 Å². The molecule has 2 unspecified atom stereocenters. The smallest absolute Gasteiger partial charge is 0.307 e. The van der Waals surface area contributed by atoms with Crippen LogP contribution in [-0.4, -0.2) is 18.0 Å². The van der Waals surface area contributed by atoms with Crippen LogP contribution in [0.2, 0.25) is 0 Å². The molecule has 0 spiro atoms. The highest BCUT2D eigenvalue weighted by atomic mass is 16.5. The molecule has 3 saturated carbocycles. The van der Waals surface area contributed by atoms with E-state index < -0.39 is 0 Å². The lowest BCUT2D eigenvalue weighted by atomic mass is 9.46. The lowest BCUT2D eigenvalue weighted by molar-refractivity contribution is -0.160. The molecule has 27 heavy (non-hydrogen) atoms. The summed E-state index contributed by atoms with van der Waals surface area (Å²) < 4.78 is 11.2. The summed E-state index contributed by atoms with van der Waals surface area (Å²) >= 11 is 0. The number of carbonyl (C=O) groups excluding carboxylic acids is 2. The zero-order valence-corrected chi connectivity index (χ0v) is 17.3. The largest absolute Gasteiger partial charge is 0.462 e.